The highest BCUT2D eigenvalue weighted by Crippen LogP contribution is 2.44. The lowest BCUT2D eigenvalue weighted by Gasteiger charge is -2.39. The number of phenolic OH excluding ortho intramolecular Hbond substituents is 1. The van der Waals surface area contributed by atoms with E-state index in [0.717, 1.165) is 31.7 Å². The molecule has 2 fully saturated rings. The summed E-state index contributed by atoms with van der Waals surface area (Å²) in [7, 11) is 0. The molecule has 1 aromatic rings. The van der Waals surface area contributed by atoms with Crippen LogP contribution in [0.1, 0.15) is 37.3 Å². The van der Waals surface area contributed by atoms with Gasteiger partial charge in [0.25, 0.3) is 0 Å². The molecule has 0 amide bonds. The van der Waals surface area contributed by atoms with Gasteiger partial charge in [-0.1, -0.05) is 18.9 Å². The van der Waals surface area contributed by atoms with E-state index in [1.165, 1.54) is 31.7 Å². The first kappa shape index (κ1) is 14.6. The van der Waals surface area contributed by atoms with Crippen LogP contribution in [0.15, 0.2) is 12.1 Å². The summed E-state index contributed by atoms with van der Waals surface area (Å²) in [6.07, 6.45) is 4.83. The molecule has 1 aliphatic carbocycles. The van der Waals surface area contributed by atoms with Gasteiger partial charge in [0.2, 0.25) is 0 Å². The number of rotatable bonds is 3. The first-order valence-corrected chi connectivity index (χ1v) is 7.90. The monoisotopic (exact) mass is 293 g/mol. The lowest BCUT2D eigenvalue weighted by atomic mass is 9.88. The number of anilines is 1. The second kappa shape index (κ2) is 6.20. The first-order valence-electron chi connectivity index (χ1n) is 7.90. The summed E-state index contributed by atoms with van der Waals surface area (Å²) in [5.74, 6) is -0.0778. The highest BCUT2D eigenvalue weighted by Gasteiger charge is 2.34. The van der Waals surface area contributed by atoms with Crippen LogP contribution in [0.25, 0.3) is 0 Å². The summed E-state index contributed by atoms with van der Waals surface area (Å²) >= 11 is 0. The van der Waals surface area contributed by atoms with Gasteiger partial charge in [0.15, 0.2) is 0 Å². The fourth-order valence-electron chi connectivity index (χ4n) is 3.82. The van der Waals surface area contributed by atoms with E-state index in [0.29, 0.717) is 5.92 Å². The molecule has 4 nitrogen and oxygen atoms in total. The zero-order valence-corrected chi connectivity index (χ0v) is 12.3. The lowest BCUT2D eigenvalue weighted by Crippen LogP contribution is -2.46. The van der Waals surface area contributed by atoms with Crippen molar-refractivity contribution in [3.63, 3.8) is 0 Å². The van der Waals surface area contributed by atoms with Crippen molar-refractivity contribution < 1.29 is 9.50 Å². The van der Waals surface area contributed by atoms with Crippen molar-refractivity contribution >= 4 is 5.69 Å². The Morgan fingerprint density at radius 2 is 1.90 bits per heavy atom. The Morgan fingerprint density at radius 1 is 1.24 bits per heavy atom. The molecule has 4 N–H and O–H groups in total. The molecular formula is C16H24FN3O. The summed E-state index contributed by atoms with van der Waals surface area (Å²) in [5, 5.41) is 13.7. The van der Waals surface area contributed by atoms with Crippen molar-refractivity contribution in [2.24, 2.45) is 5.92 Å². The van der Waals surface area contributed by atoms with Crippen LogP contribution in [0.4, 0.5) is 10.1 Å². The standard InChI is InChI=1S/C16H24FN3O/c17-13-6-5-12(16(21)14(13)18)15(11-3-1-2-4-11)20-9-7-19-8-10-20/h5-6,11,15,19,21H,1-4,7-10,18H2/t15-/m1/s1. The highest BCUT2D eigenvalue weighted by atomic mass is 19.1. The van der Waals surface area contributed by atoms with Crippen LogP contribution in [0.3, 0.4) is 0 Å². The predicted molar refractivity (Wildman–Crippen MR) is 81.6 cm³/mol. The van der Waals surface area contributed by atoms with E-state index in [4.69, 9.17) is 5.73 Å². The van der Waals surface area contributed by atoms with Gasteiger partial charge in [0, 0.05) is 37.8 Å². The number of phenols is 1. The summed E-state index contributed by atoms with van der Waals surface area (Å²) in [4.78, 5) is 2.42. The zero-order valence-electron chi connectivity index (χ0n) is 12.3. The van der Waals surface area contributed by atoms with Gasteiger partial charge in [0.05, 0.1) is 0 Å². The summed E-state index contributed by atoms with van der Waals surface area (Å²) in [6, 6.07) is 3.25. The second-order valence-corrected chi connectivity index (χ2v) is 6.17. The molecule has 1 saturated heterocycles. The van der Waals surface area contributed by atoms with Gasteiger partial charge in [-0.15, -0.1) is 0 Å². The number of hydrogen-bond donors (Lipinski definition) is 3. The molecule has 0 radical (unpaired) electrons. The Hall–Kier alpha value is -1.33. The van der Waals surface area contributed by atoms with Crippen LogP contribution in [-0.2, 0) is 0 Å². The van der Waals surface area contributed by atoms with Crippen LogP contribution in [-0.4, -0.2) is 36.2 Å². The van der Waals surface area contributed by atoms with Crippen LogP contribution >= 0.6 is 0 Å². The smallest absolute Gasteiger partial charge is 0.149 e. The van der Waals surface area contributed by atoms with Crippen LogP contribution in [0, 0.1) is 11.7 Å². The van der Waals surface area contributed by atoms with E-state index in [1.54, 1.807) is 6.07 Å². The van der Waals surface area contributed by atoms with Gasteiger partial charge in [0.1, 0.15) is 17.3 Å². The molecule has 21 heavy (non-hydrogen) atoms. The molecular weight excluding hydrogens is 269 g/mol. The van der Waals surface area contributed by atoms with Crippen molar-refractivity contribution in [2.45, 2.75) is 31.7 Å². The van der Waals surface area contributed by atoms with E-state index in [2.05, 4.69) is 10.2 Å². The summed E-state index contributed by atoms with van der Waals surface area (Å²) in [5.41, 5.74) is 6.37. The number of nitrogen functional groups attached to an aromatic ring is 1. The third-order valence-corrected chi connectivity index (χ3v) is 4.91. The van der Waals surface area contributed by atoms with Crippen molar-refractivity contribution in [2.75, 3.05) is 31.9 Å². The average Bonchev–Trinajstić information content (AvgIpc) is 3.03. The number of nitrogens with two attached hydrogens (primary N) is 1. The van der Waals surface area contributed by atoms with E-state index in [9.17, 15) is 9.50 Å². The maximum Gasteiger partial charge on any atom is 0.149 e. The summed E-state index contributed by atoms with van der Waals surface area (Å²) in [6.45, 7) is 3.83. The predicted octanol–water partition coefficient (Wildman–Crippen LogP) is 2.25. The van der Waals surface area contributed by atoms with Crippen molar-refractivity contribution in [1.82, 2.24) is 10.2 Å². The van der Waals surface area contributed by atoms with Gasteiger partial charge in [-0.2, -0.15) is 0 Å². The van der Waals surface area contributed by atoms with Gasteiger partial charge in [-0.05, 0) is 24.8 Å². The number of nitrogens with zero attached hydrogens (tertiary/aromatic N) is 1. The molecule has 1 atom stereocenters. The van der Waals surface area contributed by atoms with E-state index >= 15 is 0 Å². The topological polar surface area (TPSA) is 61.5 Å². The largest absolute Gasteiger partial charge is 0.505 e. The van der Waals surface area contributed by atoms with Gasteiger partial charge in [-0.25, -0.2) is 4.39 Å². The average molecular weight is 293 g/mol. The zero-order chi connectivity index (χ0) is 14.8. The van der Waals surface area contributed by atoms with Gasteiger partial charge in [-0.3, -0.25) is 4.90 Å². The molecule has 1 aromatic carbocycles. The van der Waals surface area contributed by atoms with Crippen molar-refractivity contribution in [3.8, 4) is 5.75 Å². The summed E-state index contributed by atoms with van der Waals surface area (Å²) < 4.78 is 13.5. The number of benzene rings is 1. The number of aromatic hydroxyl groups is 1. The molecule has 1 aliphatic heterocycles. The van der Waals surface area contributed by atoms with Gasteiger partial charge < -0.3 is 16.2 Å². The Bertz CT molecular complexity index is 497. The van der Waals surface area contributed by atoms with E-state index in [1.807, 2.05) is 0 Å². The third kappa shape index (κ3) is 2.85. The molecule has 0 aromatic heterocycles. The molecule has 3 rings (SSSR count). The highest BCUT2D eigenvalue weighted by molar-refractivity contribution is 5.58. The molecule has 0 bridgehead atoms. The van der Waals surface area contributed by atoms with Crippen LogP contribution < -0.4 is 11.1 Å². The molecule has 0 spiro atoms. The van der Waals surface area contributed by atoms with Crippen LogP contribution in [0.2, 0.25) is 0 Å². The third-order valence-electron chi connectivity index (χ3n) is 4.91. The number of piperazine rings is 1. The Balaban J connectivity index is 1.96. The second-order valence-electron chi connectivity index (χ2n) is 6.17. The van der Waals surface area contributed by atoms with Crippen molar-refractivity contribution in [1.29, 1.82) is 0 Å². The SMILES string of the molecule is Nc1c(F)ccc([C@@H](C2CCCC2)N2CCNCC2)c1O. The first-order chi connectivity index (χ1) is 10.2. The molecule has 1 saturated carbocycles. The van der Waals surface area contributed by atoms with E-state index in [-0.39, 0.29) is 17.5 Å². The number of halogens is 1. The fourth-order valence-corrected chi connectivity index (χ4v) is 3.82. The number of hydrogen-bond acceptors (Lipinski definition) is 4. The minimum atomic E-state index is -0.540. The minimum Gasteiger partial charge on any atom is -0.505 e. The Labute approximate surface area is 125 Å². The molecule has 2 aliphatic rings. The quantitative estimate of drug-likeness (QED) is 0.591. The van der Waals surface area contributed by atoms with Crippen LogP contribution in [0.5, 0.6) is 5.75 Å². The minimum absolute atomic E-state index is 0.0644. The molecule has 5 heteroatoms. The number of nitrogens with one attached hydrogen (secondary N) is 1. The lowest BCUT2D eigenvalue weighted by molar-refractivity contribution is 0.123. The normalized spacial score (nSPS) is 22.5. The Kier molecular flexibility index (Phi) is 4.31. The van der Waals surface area contributed by atoms with Gasteiger partial charge >= 0.3 is 0 Å². The Morgan fingerprint density at radius 3 is 2.57 bits per heavy atom. The molecule has 1 heterocycles. The maximum absolute atomic E-state index is 13.5. The van der Waals surface area contributed by atoms with Crippen molar-refractivity contribution in [3.05, 3.63) is 23.5 Å². The van der Waals surface area contributed by atoms with E-state index < -0.39 is 5.82 Å². The fraction of sp³-hybridized carbons (Fsp3) is 0.625. The molecule has 0 unspecified atom stereocenters. The molecule has 116 valence electrons. The maximum atomic E-state index is 13.5.